The van der Waals surface area contributed by atoms with Crippen molar-refractivity contribution in [2.24, 2.45) is 5.92 Å². The van der Waals surface area contributed by atoms with Crippen molar-refractivity contribution in [3.05, 3.63) is 75.5 Å². The summed E-state index contributed by atoms with van der Waals surface area (Å²) >= 11 is 0. The molecule has 36 heavy (non-hydrogen) atoms. The van der Waals surface area contributed by atoms with Gasteiger partial charge in [-0.1, -0.05) is 13.0 Å². The third kappa shape index (κ3) is 3.98. The lowest BCUT2D eigenvalue weighted by molar-refractivity contribution is 0.102. The number of nitrogens with zero attached hydrogens (tertiary/aromatic N) is 5. The van der Waals surface area contributed by atoms with Gasteiger partial charge in [-0.2, -0.15) is 9.78 Å². The number of carbonyl (C=O) groups excluding carboxylic acids is 1. The van der Waals surface area contributed by atoms with E-state index < -0.39 is 34.6 Å². The standard InChI is InChI=1S/C25H25F3N6O2/c1-14-9-10-33(12-14)23-15-13-31(2)32(3)22(15)18(28)11-20(23)29-25(36)19-7-8-21(35)34(30-19)24-16(26)5-4-6-17(24)27/h4-8,11,14H,9-10,12-13H2,1-3H3,(H,29,36)/t14-/m0/s1. The molecular formula is C25H25F3N6O2. The Morgan fingerprint density at radius 2 is 1.75 bits per heavy atom. The smallest absolute Gasteiger partial charge is 0.276 e. The van der Waals surface area contributed by atoms with Crippen molar-refractivity contribution in [2.45, 2.75) is 19.9 Å². The van der Waals surface area contributed by atoms with Crippen molar-refractivity contribution >= 4 is 23.0 Å². The molecule has 0 aliphatic carbocycles. The Kier molecular flexibility index (Phi) is 5.95. The van der Waals surface area contributed by atoms with E-state index in [1.165, 1.54) is 6.07 Å². The minimum absolute atomic E-state index is 0.256. The molecule has 3 aromatic rings. The number of carbonyl (C=O) groups is 1. The molecule has 2 aliphatic heterocycles. The molecule has 1 N–H and O–H groups in total. The average Bonchev–Trinajstić information content (AvgIpc) is 3.37. The van der Waals surface area contributed by atoms with E-state index in [0.717, 1.165) is 61.1 Å². The van der Waals surface area contributed by atoms with Crippen LogP contribution in [0.5, 0.6) is 0 Å². The number of para-hydroxylation sites is 1. The van der Waals surface area contributed by atoms with E-state index in [0.29, 0.717) is 22.8 Å². The van der Waals surface area contributed by atoms with Crippen LogP contribution in [0.15, 0.2) is 41.2 Å². The fourth-order valence-electron chi connectivity index (χ4n) is 4.85. The van der Waals surface area contributed by atoms with Crippen molar-refractivity contribution in [3.8, 4) is 5.69 Å². The van der Waals surface area contributed by atoms with Gasteiger partial charge in [0.15, 0.2) is 11.6 Å². The van der Waals surface area contributed by atoms with Gasteiger partial charge in [-0.25, -0.2) is 18.2 Å². The number of rotatable bonds is 4. The summed E-state index contributed by atoms with van der Waals surface area (Å²) < 4.78 is 44.3. The highest BCUT2D eigenvalue weighted by molar-refractivity contribution is 6.05. The normalized spacial score (nSPS) is 17.6. The number of aromatic nitrogens is 2. The highest BCUT2D eigenvalue weighted by atomic mass is 19.1. The zero-order valence-electron chi connectivity index (χ0n) is 20.1. The summed E-state index contributed by atoms with van der Waals surface area (Å²) in [5.74, 6) is -2.79. The van der Waals surface area contributed by atoms with Crippen LogP contribution >= 0.6 is 0 Å². The quantitative estimate of drug-likeness (QED) is 0.593. The molecule has 8 nitrogen and oxygen atoms in total. The van der Waals surface area contributed by atoms with E-state index in [4.69, 9.17) is 0 Å². The fourth-order valence-corrected chi connectivity index (χ4v) is 4.85. The van der Waals surface area contributed by atoms with Crippen LogP contribution in [0.1, 0.15) is 29.4 Å². The molecule has 1 saturated heterocycles. The van der Waals surface area contributed by atoms with E-state index in [2.05, 4.69) is 22.2 Å². The largest absolute Gasteiger partial charge is 0.369 e. The summed E-state index contributed by atoms with van der Waals surface area (Å²) in [6.07, 6.45) is 0.964. The maximum Gasteiger partial charge on any atom is 0.276 e. The summed E-state index contributed by atoms with van der Waals surface area (Å²) in [7, 11) is 3.63. The summed E-state index contributed by atoms with van der Waals surface area (Å²) in [5, 5.41) is 10.2. The monoisotopic (exact) mass is 498 g/mol. The molecule has 3 heterocycles. The highest BCUT2D eigenvalue weighted by Crippen LogP contribution is 2.45. The van der Waals surface area contributed by atoms with Crippen molar-refractivity contribution in [1.29, 1.82) is 0 Å². The molecule has 0 saturated carbocycles. The van der Waals surface area contributed by atoms with Crippen molar-refractivity contribution in [2.75, 3.05) is 42.4 Å². The molecule has 0 bridgehead atoms. The first-order valence-corrected chi connectivity index (χ1v) is 11.6. The predicted molar refractivity (Wildman–Crippen MR) is 130 cm³/mol. The van der Waals surface area contributed by atoms with E-state index >= 15 is 4.39 Å². The SMILES string of the molecule is C[C@H]1CCN(c2c(NC(=O)c3ccc(=O)n(-c4c(F)cccc4F)n3)cc(F)c3c2CN(C)N3C)C1. The van der Waals surface area contributed by atoms with Crippen molar-refractivity contribution in [3.63, 3.8) is 0 Å². The van der Waals surface area contributed by atoms with Crippen LogP contribution < -0.4 is 20.8 Å². The lowest BCUT2D eigenvalue weighted by Gasteiger charge is -2.26. The van der Waals surface area contributed by atoms with Crippen LogP contribution in [0.3, 0.4) is 0 Å². The van der Waals surface area contributed by atoms with Gasteiger partial charge < -0.3 is 15.2 Å². The lowest BCUT2D eigenvalue weighted by Crippen LogP contribution is -2.30. The number of anilines is 3. The molecule has 5 rings (SSSR count). The van der Waals surface area contributed by atoms with E-state index in [9.17, 15) is 18.4 Å². The van der Waals surface area contributed by atoms with Gasteiger partial charge in [0.05, 0.1) is 17.1 Å². The predicted octanol–water partition coefficient (Wildman–Crippen LogP) is 3.54. The Hall–Kier alpha value is -3.86. The summed E-state index contributed by atoms with van der Waals surface area (Å²) in [6, 6.07) is 6.58. The Bertz CT molecular complexity index is 1410. The van der Waals surface area contributed by atoms with Gasteiger partial charge in [-0.05, 0) is 30.5 Å². The molecular weight excluding hydrogens is 473 g/mol. The molecule has 11 heteroatoms. The number of hydrogen-bond donors (Lipinski definition) is 1. The molecule has 1 atom stereocenters. The highest BCUT2D eigenvalue weighted by Gasteiger charge is 2.34. The Morgan fingerprint density at radius 1 is 1.03 bits per heavy atom. The van der Waals surface area contributed by atoms with Crippen LogP contribution in [0.25, 0.3) is 5.69 Å². The Labute approximate surface area is 205 Å². The second-order valence-corrected chi connectivity index (χ2v) is 9.25. The van der Waals surface area contributed by atoms with Crippen LogP contribution in [-0.4, -0.2) is 47.9 Å². The second kappa shape index (κ2) is 8.98. The van der Waals surface area contributed by atoms with Crippen LogP contribution in [0, 0.1) is 23.4 Å². The molecule has 1 aromatic heterocycles. The third-order valence-corrected chi connectivity index (χ3v) is 6.72. The van der Waals surface area contributed by atoms with Crippen LogP contribution in [0.2, 0.25) is 0 Å². The summed E-state index contributed by atoms with van der Waals surface area (Å²) in [4.78, 5) is 27.7. The molecule has 1 amide bonds. The number of amides is 1. The molecule has 0 spiro atoms. The first-order chi connectivity index (χ1) is 17.2. The van der Waals surface area contributed by atoms with E-state index in [-0.39, 0.29) is 11.4 Å². The lowest BCUT2D eigenvalue weighted by atomic mass is 10.1. The van der Waals surface area contributed by atoms with E-state index in [1.54, 1.807) is 12.1 Å². The molecule has 1 fully saturated rings. The average molecular weight is 499 g/mol. The first-order valence-electron chi connectivity index (χ1n) is 11.6. The van der Waals surface area contributed by atoms with Gasteiger partial charge in [-0.3, -0.25) is 9.59 Å². The van der Waals surface area contributed by atoms with Crippen LogP contribution in [-0.2, 0) is 6.54 Å². The van der Waals surface area contributed by atoms with Gasteiger partial charge in [0, 0.05) is 51.4 Å². The fraction of sp³-hybridized carbons (Fsp3) is 0.320. The van der Waals surface area contributed by atoms with E-state index in [1.807, 2.05) is 12.1 Å². The van der Waals surface area contributed by atoms with Crippen molar-refractivity contribution in [1.82, 2.24) is 14.8 Å². The van der Waals surface area contributed by atoms with Gasteiger partial charge >= 0.3 is 0 Å². The molecule has 2 aliphatic rings. The number of halogens is 3. The second-order valence-electron chi connectivity index (χ2n) is 9.25. The number of fused-ring (bicyclic) bond motifs is 1. The summed E-state index contributed by atoms with van der Waals surface area (Å²) in [6.45, 7) is 4.10. The number of hydrogen-bond acceptors (Lipinski definition) is 6. The van der Waals surface area contributed by atoms with Gasteiger partial charge in [-0.15, -0.1) is 0 Å². The number of benzene rings is 2. The number of hydrazine groups is 1. The minimum atomic E-state index is -0.999. The maximum absolute atomic E-state index is 15.2. The molecule has 188 valence electrons. The molecule has 0 unspecified atom stereocenters. The van der Waals surface area contributed by atoms with Gasteiger partial charge in [0.25, 0.3) is 11.5 Å². The van der Waals surface area contributed by atoms with Gasteiger partial charge in [0.1, 0.15) is 17.2 Å². The molecule has 2 aromatic carbocycles. The van der Waals surface area contributed by atoms with Crippen molar-refractivity contribution < 1.29 is 18.0 Å². The zero-order chi connectivity index (χ0) is 25.7. The summed E-state index contributed by atoms with van der Waals surface area (Å²) in [5.41, 5.74) is 0.463. The topological polar surface area (TPSA) is 73.7 Å². The number of nitrogens with one attached hydrogen (secondary N) is 1. The third-order valence-electron chi connectivity index (χ3n) is 6.72. The maximum atomic E-state index is 15.2. The zero-order valence-corrected chi connectivity index (χ0v) is 20.1. The minimum Gasteiger partial charge on any atom is -0.369 e. The first kappa shape index (κ1) is 23.9. The molecule has 0 radical (unpaired) electrons. The Balaban J connectivity index is 1.56. The Morgan fingerprint density at radius 3 is 2.42 bits per heavy atom. The van der Waals surface area contributed by atoms with Gasteiger partial charge in [0.2, 0.25) is 0 Å². The van der Waals surface area contributed by atoms with Crippen LogP contribution in [0.4, 0.5) is 30.2 Å².